The Morgan fingerprint density at radius 3 is 2.25 bits per heavy atom. The van der Waals surface area contributed by atoms with Crippen molar-refractivity contribution >= 4 is 21.6 Å². The summed E-state index contributed by atoms with van der Waals surface area (Å²) in [6, 6.07) is 0. The molecule has 0 amide bonds. The van der Waals surface area contributed by atoms with Crippen molar-refractivity contribution < 1.29 is 8.42 Å². The van der Waals surface area contributed by atoms with Crippen molar-refractivity contribution in [1.29, 1.82) is 0 Å². The van der Waals surface area contributed by atoms with Crippen LogP contribution in [0.1, 0.15) is 0 Å². The summed E-state index contributed by atoms with van der Waals surface area (Å²) in [5, 5.41) is 4.58. The first-order valence-corrected chi connectivity index (χ1v) is 3.97. The average Bonchev–Trinajstić information content (AvgIpc) is 1.59. The molecule has 0 atom stereocenters. The van der Waals surface area contributed by atoms with Gasteiger partial charge in [-0.25, -0.2) is 13.6 Å². The molecule has 8 heavy (non-hydrogen) atoms. The number of hydrogen-bond donors (Lipinski definition) is 1. The molecule has 0 saturated carbocycles. The second kappa shape index (κ2) is 3.06. The Bertz CT molecular complexity index is 172. The van der Waals surface area contributed by atoms with Crippen LogP contribution in [0.4, 0.5) is 0 Å². The van der Waals surface area contributed by atoms with Gasteiger partial charge in [-0.1, -0.05) is 17.7 Å². The molecule has 3 nitrogen and oxygen atoms in total. The Morgan fingerprint density at radius 2 is 2.12 bits per heavy atom. The fourth-order valence-corrected chi connectivity index (χ4v) is 0.730. The molecule has 0 fully saturated rings. The molecule has 0 aliphatic heterocycles. The van der Waals surface area contributed by atoms with Gasteiger partial charge in [-0.2, -0.15) is 0 Å². The van der Waals surface area contributed by atoms with Crippen LogP contribution >= 0.6 is 11.6 Å². The number of halogens is 1. The van der Waals surface area contributed by atoms with E-state index >= 15 is 0 Å². The van der Waals surface area contributed by atoms with Gasteiger partial charge in [-0.05, 0) is 0 Å². The van der Waals surface area contributed by atoms with Crippen LogP contribution in [0.25, 0.3) is 0 Å². The Balaban J connectivity index is 3.76. The van der Waals surface area contributed by atoms with Crippen molar-refractivity contribution in [3.05, 3.63) is 11.6 Å². The highest BCUT2D eigenvalue weighted by Crippen LogP contribution is 1.81. The molecule has 0 aromatic carbocycles. The highest BCUT2D eigenvalue weighted by Gasteiger charge is 1.94. The summed E-state index contributed by atoms with van der Waals surface area (Å²) in [6.45, 7) is 0. The minimum atomic E-state index is -3.36. The van der Waals surface area contributed by atoms with Crippen LogP contribution in [0.15, 0.2) is 11.6 Å². The first kappa shape index (κ1) is 7.94. The largest absolute Gasteiger partial charge is 0.228 e. The van der Waals surface area contributed by atoms with Gasteiger partial charge in [-0.3, -0.25) is 0 Å². The molecule has 0 radical (unpaired) electrons. The van der Waals surface area contributed by atoms with E-state index in [1.165, 1.54) is 6.08 Å². The highest BCUT2D eigenvalue weighted by molar-refractivity contribution is 7.89. The zero-order chi connectivity index (χ0) is 6.62. The van der Waals surface area contributed by atoms with E-state index in [9.17, 15) is 8.42 Å². The average molecular weight is 156 g/mol. The summed E-state index contributed by atoms with van der Waals surface area (Å²) in [5.74, 6) is -0.198. The maximum absolute atomic E-state index is 10.1. The molecule has 48 valence electrons. The lowest BCUT2D eigenvalue weighted by Crippen LogP contribution is -2.14. The molecule has 0 aromatic rings. The second-order valence-corrected chi connectivity index (χ2v) is 3.10. The van der Waals surface area contributed by atoms with Crippen molar-refractivity contribution in [2.45, 2.75) is 0 Å². The first-order valence-electron chi connectivity index (χ1n) is 1.82. The molecule has 2 N–H and O–H groups in total. The van der Waals surface area contributed by atoms with Gasteiger partial charge in [-0.15, -0.1) is 0 Å². The van der Waals surface area contributed by atoms with E-state index < -0.39 is 10.0 Å². The van der Waals surface area contributed by atoms with E-state index in [2.05, 4.69) is 5.14 Å². The van der Waals surface area contributed by atoms with Crippen LogP contribution in [-0.4, -0.2) is 14.2 Å². The molecule has 0 saturated heterocycles. The molecule has 0 bridgehead atoms. The van der Waals surface area contributed by atoms with Crippen LogP contribution in [0.3, 0.4) is 0 Å². The number of nitrogens with two attached hydrogens (primary N) is 1. The van der Waals surface area contributed by atoms with E-state index in [0.29, 0.717) is 0 Å². The normalized spacial score (nSPS) is 12.8. The van der Waals surface area contributed by atoms with Crippen LogP contribution in [0.2, 0.25) is 0 Å². The van der Waals surface area contributed by atoms with Crippen LogP contribution in [0.5, 0.6) is 0 Å². The summed E-state index contributed by atoms with van der Waals surface area (Å²) in [6.07, 6.45) is 1.26. The van der Waals surface area contributed by atoms with Gasteiger partial charge in [0, 0.05) is 5.54 Å². The third kappa shape index (κ3) is 5.94. The molecule has 0 rings (SSSR count). The number of sulfonamides is 1. The fraction of sp³-hybridized carbons (Fsp3) is 0.333. The minimum Gasteiger partial charge on any atom is -0.228 e. The summed E-state index contributed by atoms with van der Waals surface area (Å²) in [5.41, 5.74) is 1.12. The molecule has 0 heterocycles. The van der Waals surface area contributed by atoms with Gasteiger partial charge in [0.05, 0.1) is 5.75 Å². The quantitative estimate of drug-likeness (QED) is 0.612. The molecular formula is C3H6ClNO2S. The number of rotatable bonds is 2. The van der Waals surface area contributed by atoms with Crippen LogP contribution in [-0.2, 0) is 10.0 Å². The predicted octanol–water partition coefficient (Wildman–Crippen LogP) is 0.0274. The van der Waals surface area contributed by atoms with Gasteiger partial charge in [0.25, 0.3) is 0 Å². The van der Waals surface area contributed by atoms with Gasteiger partial charge in [0.1, 0.15) is 0 Å². The van der Waals surface area contributed by atoms with Gasteiger partial charge in [0.15, 0.2) is 0 Å². The van der Waals surface area contributed by atoms with Crippen molar-refractivity contribution in [3.8, 4) is 0 Å². The molecule has 0 spiro atoms. The molecule has 0 unspecified atom stereocenters. The smallest absolute Gasteiger partial charge is 0.212 e. The van der Waals surface area contributed by atoms with Crippen LogP contribution in [0, 0.1) is 0 Å². The van der Waals surface area contributed by atoms with Gasteiger partial charge < -0.3 is 0 Å². The zero-order valence-corrected chi connectivity index (χ0v) is 5.61. The zero-order valence-electron chi connectivity index (χ0n) is 4.04. The van der Waals surface area contributed by atoms with Crippen molar-refractivity contribution in [2.75, 3.05) is 5.75 Å². The monoisotopic (exact) mass is 155 g/mol. The maximum Gasteiger partial charge on any atom is 0.212 e. The fourth-order valence-electron chi connectivity index (χ4n) is 0.170. The van der Waals surface area contributed by atoms with Crippen LogP contribution < -0.4 is 5.14 Å². The Labute approximate surface area is 53.2 Å². The summed E-state index contributed by atoms with van der Waals surface area (Å²) in [4.78, 5) is 0. The van der Waals surface area contributed by atoms with E-state index in [4.69, 9.17) is 11.6 Å². The lowest BCUT2D eigenvalue weighted by atomic mass is 10.8. The molecule has 0 aromatic heterocycles. The minimum absolute atomic E-state index is 0.198. The topological polar surface area (TPSA) is 60.2 Å². The molecule has 0 aliphatic carbocycles. The van der Waals surface area contributed by atoms with Crippen molar-refractivity contribution in [1.82, 2.24) is 0 Å². The Kier molecular flexibility index (Phi) is 3.04. The SMILES string of the molecule is NS(=O)(=O)C/C=C/Cl. The first-order chi connectivity index (χ1) is 3.56. The van der Waals surface area contributed by atoms with Gasteiger partial charge >= 0.3 is 0 Å². The van der Waals surface area contributed by atoms with Crippen molar-refractivity contribution in [2.24, 2.45) is 5.14 Å². The third-order valence-corrected chi connectivity index (χ3v) is 1.25. The summed E-state index contributed by atoms with van der Waals surface area (Å²) >= 11 is 5.01. The summed E-state index contributed by atoms with van der Waals surface area (Å²) in [7, 11) is -3.36. The maximum atomic E-state index is 10.1. The lowest BCUT2D eigenvalue weighted by Gasteiger charge is -1.84. The third-order valence-electron chi connectivity index (χ3n) is 0.418. The van der Waals surface area contributed by atoms with E-state index in [0.717, 1.165) is 5.54 Å². The number of primary sulfonamides is 1. The molecular weight excluding hydrogens is 150 g/mol. The van der Waals surface area contributed by atoms with Crippen molar-refractivity contribution in [3.63, 3.8) is 0 Å². The Hall–Kier alpha value is -0.0600. The summed E-state index contributed by atoms with van der Waals surface area (Å²) < 4.78 is 20.1. The standard InChI is InChI=1S/C3H6ClNO2S/c4-2-1-3-8(5,6)7/h1-2H,3H2,(H2,5,6,7)/b2-1+. The van der Waals surface area contributed by atoms with E-state index in [1.807, 2.05) is 0 Å². The van der Waals surface area contributed by atoms with Gasteiger partial charge in [0.2, 0.25) is 10.0 Å². The highest BCUT2D eigenvalue weighted by atomic mass is 35.5. The number of hydrogen-bond acceptors (Lipinski definition) is 2. The van der Waals surface area contributed by atoms with E-state index in [-0.39, 0.29) is 5.75 Å². The Morgan fingerprint density at radius 1 is 1.62 bits per heavy atom. The second-order valence-electron chi connectivity index (χ2n) is 1.19. The predicted molar refractivity (Wildman–Crippen MR) is 33.0 cm³/mol. The molecule has 0 aliphatic rings. The molecule has 5 heteroatoms. The van der Waals surface area contributed by atoms with E-state index in [1.54, 1.807) is 0 Å². The lowest BCUT2D eigenvalue weighted by molar-refractivity contribution is 0.600.